The van der Waals surface area contributed by atoms with Gasteiger partial charge >= 0.3 is 0 Å². The van der Waals surface area contributed by atoms with Crippen molar-refractivity contribution in [3.63, 3.8) is 0 Å². The van der Waals surface area contributed by atoms with Gasteiger partial charge in [0.05, 0.1) is 0 Å². The summed E-state index contributed by atoms with van der Waals surface area (Å²) >= 11 is 2.54. The van der Waals surface area contributed by atoms with E-state index in [9.17, 15) is 0 Å². The van der Waals surface area contributed by atoms with E-state index in [-0.39, 0.29) is 0 Å². The average molecular weight is 225 g/mol. The zero-order chi connectivity index (χ0) is 6.20. The molecule has 1 aliphatic rings. The molecule has 0 aliphatic carbocycles. The van der Waals surface area contributed by atoms with Gasteiger partial charge in [-0.1, -0.05) is 22.6 Å². The first-order valence-corrected chi connectivity index (χ1v) is 4.05. The molecule has 1 unspecified atom stereocenters. The van der Waals surface area contributed by atoms with Gasteiger partial charge in [-0.05, 0) is 26.9 Å². The number of hydrogen-bond acceptors (Lipinski definition) is 1. The fourth-order valence-corrected chi connectivity index (χ4v) is 1.97. The summed E-state index contributed by atoms with van der Waals surface area (Å²) in [6.07, 6.45) is 1.35. The third-order valence-corrected chi connectivity index (χ3v) is 2.49. The third-order valence-electron chi connectivity index (χ3n) is 1.61. The lowest BCUT2D eigenvalue weighted by atomic mass is 10.2. The minimum atomic E-state index is 0.562. The predicted molar refractivity (Wildman–Crippen MR) is 44.5 cm³/mol. The van der Waals surface area contributed by atoms with Gasteiger partial charge in [-0.3, -0.25) is 0 Å². The van der Waals surface area contributed by atoms with Gasteiger partial charge in [0.1, 0.15) is 0 Å². The molecule has 1 fully saturated rings. The van der Waals surface area contributed by atoms with E-state index >= 15 is 0 Å². The summed E-state index contributed by atoms with van der Waals surface area (Å²) in [7, 11) is 2.18. The first-order valence-electron chi connectivity index (χ1n) is 2.98. The maximum absolute atomic E-state index is 2.54. The van der Waals surface area contributed by atoms with Crippen molar-refractivity contribution in [2.24, 2.45) is 0 Å². The number of nitrogens with zero attached hydrogens (tertiary/aromatic N) is 1. The van der Waals surface area contributed by atoms with Crippen LogP contribution in [0.3, 0.4) is 0 Å². The Kier molecular flexibility index (Phi) is 1.82. The molecular formula is C6H12IN. The van der Waals surface area contributed by atoms with E-state index < -0.39 is 0 Å². The quantitative estimate of drug-likeness (QED) is 0.446. The molecule has 8 heavy (non-hydrogen) atoms. The van der Waals surface area contributed by atoms with Gasteiger partial charge in [0.2, 0.25) is 0 Å². The molecule has 1 saturated heterocycles. The molecule has 0 spiro atoms. The average Bonchev–Trinajstić information content (AvgIpc) is 1.82. The van der Waals surface area contributed by atoms with Crippen molar-refractivity contribution >= 4 is 22.6 Å². The summed E-state index contributed by atoms with van der Waals surface area (Å²) in [5.41, 5.74) is 0. The monoisotopic (exact) mass is 225 g/mol. The Morgan fingerprint density at radius 2 is 2.25 bits per heavy atom. The van der Waals surface area contributed by atoms with Crippen LogP contribution in [-0.2, 0) is 0 Å². The Hall–Kier alpha value is 0.690. The SMILES string of the molecule is CN1CCC(C)(I)C1. The van der Waals surface area contributed by atoms with E-state index in [4.69, 9.17) is 0 Å². The van der Waals surface area contributed by atoms with Crippen LogP contribution in [0.25, 0.3) is 0 Å². The Labute approximate surface area is 64.6 Å². The summed E-state index contributed by atoms with van der Waals surface area (Å²) < 4.78 is 0.562. The number of hydrogen-bond donors (Lipinski definition) is 0. The van der Waals surface area contributed by atoms with Gasteiger partial charge < -0.3 is 4.90 Å². The van der Waals surface area contributed by atoms with Crippen molar-refractivity contribution in [2.75, 3.05) is 20.1 Å². The van der Waals surface area contributed by atoms with Crippen LogP contribution in [-0.4, -0.2) is 28.5 Å². The minimum Gasteiger partial charge on any atom is -0.305 e. The third kappa shape index (κ3) is 1.58. The first kappa shape index (κ1) is 6.81. The molecule has 48 valence electrons. The Bertz CT molecular complexity index is 90.5. The number of alkyl halides is 1. The predicted octanol–water partition coefficient (Wildman–Crippen LogP) is 1.52. The molecular weight excluding hydrogens is 213 g/mol. The number of halogens is 1. The minimum absolute atomic E-state index is 0.562. The van der Waals surface area contributed by atoms with Crippen molar-refractivity contribution in [1.29, 1.82) is 0 Å². The van der Waals surface area contributed by atoms with E-state index in [0.717, 1.165) is 0 Å². The molecule has 1 heterocycles. The summed E-state index contributed by atoms with van der Waals surface area (Å²) in [6.45, 7) is 4.85. The van der Waals surface area contributed by atoms with Gasteiger partial charge in [-0.15, -0.1) is 0 Å². The summed E-state index contributed by atoms with van der Waals surface area (Å²) in [6, 6.07) is 0. The normalized spacial score (nSPS) is 40.9. The van der Waals surface area contributed by atoms with Crippen LogP contribution in [0.2, 0.25) is 0 Å². The molecule has 0 N–H and O–H groups in total. The maximum Gasteiger partial charge on any atom is 0.0333 e. The van der Waals surface area contributed by atoms with Crippen molar-refractivity contribution in [3.05, 3.63) is 0 Å². The van der Waals surface area contributed by atoms with Crippen LogP contribution in [0.4, 0.5) is 0 Å². The first-order chi connectivity index (χ1) is 3.60. The molecule has 0 saturated carbocycles. The number of likely N-dealkylation sites (tertiary alicyclic amines) is 1. The van der Waals surface area contributed by atoms with Gasteiger partial charge in [0.25, 0.3) is 0 Å². The molecule has 0 aromatic carbocycles. The van der Waals surface area contributed by atoms with E-state index in [1.807, 2.05) is 0 Å². The standard InChI is InChI=1S/C6H12IN/c1-6(7)3-4-8(2)5-6/h3-5H2,1-2H3. The van der Waals surface area contributed by atoms with E-state index in [1.54, 1.807) is 0 Å². The Balaban J connectivity index is 2.44. The van der Waals surface area contributed by atoms with Crippen molar-refractivity contribution in [3.8, 4) is 0 Å². The highest BCUT2D eigenvalue weighted by molar-refractivity contribution is 14.1. The fourth-order valence-electron chi connectivity index (χ4n) is 1.14. The molecule has 1 rings (SSSR count). The lowest BCUT2D eigenvalue weighted by Gasteiger charge is -2.13. The van der Waals surface area contributed by atoms with Gasteiger partial charge in [-0.25, -0.2) is 0 Å². The van der Waals surface area contributed by atoms with E-state index in [2.05, 4.69) is 41.5 Å². The van der Waals surface area contributed by atoms with Crippen LogP contribution >= 0.6 is 22.6 Å². The zero-order valence-electron chi connectivity index (χ0n) is 5.45. The summed E-state index contributed by atoms with van der Waals surface area (Å²) in [4.78, 5) is 2.38. The van der Waals surface area contributed by atoms with Crippen molar-refractivity contribution in [1.82, 2.24) is 4.90 Å². The Morgan fingerprint density at radius 1 is 1.62 bits per heavy atom. The second-order valence-corrected chi connectivity index (χ2v) is 5.51. The van der Waals surface area contributed by atoms with Gasteiger partial charge in [0, 0.05) is 9.97 Å². The van der Waals surface area contributed by atoms with Gasteiger partial charge in [0.15, 0.2) is 0 Å². The highest BCUT2D eigenvalue weighted by Gasteiger charge is 2.28. The molecule has 0 bridgehead atoms. The van der Waals surface area contributed by atoms with Crippen LogP contribution < -0.4 is 0 Å². The molecule has 0 radical (unpaired) electrons. The van der Waals surface area contributed by atoms with Crippen molar-refractivity contribution < 1.29 is 0 Å². The van der Waals surface area contributed by atoms with Crippen LogP contribution in [0.5, 0.6) is 0 Å². The van der Waals surface area contributed by atoms with Crippen LogP contribution in [0.1, 0.15) is 13.3 Å². The molecule has 0 aromatic heterocycles. The highest BCUT2D eigenvalue weighted by atomic mass is 127. The second kappa shape index (κ2) is 2.14. The number of rotatable bonds is 0. The van der Waals surface area contributed by atoms with Crippen LogP contribution in [0.15, 0.2) is 0 Å². The van der Waals surface area contributed by atoms with E-state index in [0.29, 0.717) is 3.42 Å². The molecule has 2 heteroatoms. The van der Waals surface area contributed by atoms with Crippen LogP contribution in [0, 0.1) is 0 Å². The maximum atomic E-state index is 2.54. The largest absolute Gasteiger partial charge is 0.305 e. The summed E-state index contributed by atoms with van der Waals surface area (Å²) in [5, 5.41) is 0. The smallest absolute Gasteiger partial charge is 0.0333 e. The Morgan fingerprint density at radius 3 is 2.38 bits per heavy atom. The lowest BCUT2D eigenvalue weighted by molar-refractivity contribution is 0.411. The fraction of sp³-hybridized carbons (Fsp3) is 1.00. The topological polar surface area (TPSA) is 3.24 Å². The molecule has 0 amide bonds. The molecule has 1 nitrogen and oxygen atoms in total. The molecule has 1 atom stereocenters. The van der Waals surface area contributed by atoms with Gasteiger partial charge in [-0.2, -0.15) is 0 Å². The molecule has 1 aliphatic heterocycles. The molecule has 0 aromatic rings. The lowest BCUT2D eigenvalue weighted by Crippen LogP contribution is -2.20. The van der Waals surface area contributed by atoms with E-state index in [1.165, 1.54) is 19.5 Å². The summed E-state index contributed by atoms with van der Waals surface area (Å²) in [5.74, 6) is 0. The van der Waals surface area contributed by atoms with Crippen molar-refractivity contribution in [2.45, 2.75) is 16.8 Å². The highest BCUT2D eigenvalue weighted by Crippen LogP contribution is 2.28. The second-order valence-electron chi connectivity index (χ2n) is 2.90. The zero-order valence-corrected chi connectivity index (χ0v) is 7.60.